The zero-order valence-corrected chi connectivity index (χ0v) is 19.4. The van der Waals surface area contributed by atoms with Gasteiger partial charge in [0.15, 0.2) is 5.96 Å². The van der Waals surface area contributed by atoms with E-state index in [-0.39, 0.29) is 29.7 Å². The molecule has 2 rings (SSSR count). The number of hydrogen-bond acceptors (Lipinski definition) is 4. The van der Waals surface area contributed by atoms with Crippen molar-refractivity contribution in [1.29, 1.82) is 0 Å². The van der Waals surface area contributed by atoms with Crippen LogP contribution >= 0.6 is 24.0 Å². The van der Waals surface area contributed by atoms with E-state index in [2.05, 4.69) is 53.7 Å². The van der Waals surface area contributed by atoms with Crippen molar-refractivity contribution in [2.45, 2.75) is 19.8 Å². The number of morpholine rings is 1. The highest BCUT2D eigenvalue weighted by molar-refractivity contribution is 14.0. The number of sulfonamides is 1. The number of ether oxygens (including phenoxy) is 1. The third kappa shape index (κ3) is 7.92. The maximum absolute atomic E-state index is 12.3. The Bertz CT molecular complexity index is 706. The van der Waals surface area contributed by atoms with Gasteiger partial charge in [0.1, 0.15) is 0 Å². The van der Waals surface area contributed by atoms with Crippen LogP contribution in [0.25, 0.3) is 0 Å². The van der Waals surface area contributed by atoms with Crippen molar-refractivity contribution in [3.63, 3.8) is 0 Å². The van der Waals surface area contributed by atoms with E-state index in [0.717, 1.165) is 6.54 Å². The van der Waals surface area contributed by atoms with Gasteiger partial charge in [-0.3, -0.25) is 4.99 Å². The van der Waals surface area contributed by atoms with Crippen LogP contribution in [-0.2, 0) is 14.8 Å². The van der Waals surface area contributed by atoms with E-state index in [1.165, 1.54) is 15.4 Å². The summed E-state index contributed by atoms with van der Waals surface area (Å²) in [4.78, 5) is 4.17. The van der Waals surface area contributed by atoms with Crippen LogP contribution in [0.5, 0.6) is 0 Å². The van der Waals surface area contributed by atoms with Gasteiger partial charge in [-0.15, -0.1) is 24.0 Å². The second-order valence-corrected chi connectivity index (χ2v) is 8.61. The van der Waals surface area contributed by atoms with Crippen LogP contribution in [0.15, 0.2) is 29.3 Å². The molecule has 1 aliphatic rings. The number of halogens is 1. The van der Waals surface area contributed by atoms with Gasteiger partial charge in [-0.2, -0.15) is 4.31 Å². The maximum Gasteiger partial charge on any atom is 0.215 e. The Hall–Kier alpha value is -0.910. The summed E-state index contributed by atoms with van der Waals surface area (Å²) in [7, 11) is -1.57. The van der Waals surface area contributed by atoms with E-state index in [9.17, 15) is 8.42 Å². The molecule has 0 bridgehead atoms. The number of aryl methyl sites for hydroxylation is 1. The van der Waals surface area contributed by atoms with Crippen molar-refractivity contribution < 1.29 is 13.2 Å². The highest BCUT2D eigenvalue weighted by Gasteiger charge is 2.23. The molecule has 0 aliphatic carbocycles. The molecule has 7 nitrogen and oxygen atoms in total. The molecule has 1 aliphatic heterocycles. The Morgan fingerprint density at radius 1 is 1.30 bits per heavy atom. The van der Waals surface area contributed by atoms with Gasteiger partial charge in [-0.1, -0.05) is 36.8 Å². The van der Waals surface area contributed by atoms with Gasteiger partial charge in [0.25, 0.3) is 0 Å². The minimum absolute atomic E-state index is 0. The molecular formula is C18H31IN4O3S. The van der Waals surface area contributed by atoms with Crippen LogP contribution in [0.1, 0.15) is 24.0 Å². The zero-order valence-electron chi connectivity index (χ0n) is 16.3. The SMILES string of the molecule is CN=C(NCCS(=O)(=O)N1CCOCC1)NCC(C)c1cccc(C)c1.I. The molecule has 1 atom stereocenters. The number of nitrogens with one attached hydrogen (secondary N) is 2. The Morgan fingerprint density at radius 3 is 2.63 bits per heavy atom. The van der Waals surface area contributed by atoms with Crippen molar-refractivity contribution in [2.24, 2.45) is 4.99 Å². The Balaban J connectivity index is 0.00000364. The lowest BCUT2D eigenvalue weighted by atomic mass is 9.99. The van der Waals surface area contributed by atoms with Crippen LogP contribution in [0.2, 0.25) is 0 Å². The molecule has 1 heterocycles. The Labute approximate surface area is 180 Å². The highest BCUT2D eigenvalue weighted by Crippen LogP contribution is 2.15. The lowest BCUT2D eigenvalue weighted by Crippen LogP contribution is -2.45. The third-order valence-corrected chi connectivity index (χ3v) is 6.30. The molecule has 9 heteroatoms. The maximum atomic E-state index is 12.3. The molecule has 0 aromatic heterocycles. The normalized spacial score (nSPS) is 17.1. The lowest BCUT2D eigenvalue weighted by Gasteiger charge is -2.26. The lowest BCUT2D eigenvalue weighted by molar-refractivity contribution is 0.0730. The molecule has 0 spiro atoms. The number of nitrogens with zero attached hydrogens (tertiary/aromatic N) is 2. The number of benzene rings is 1. The van der Waals surface area contributed by atoms with Crippen molar-refractivity contribution in [1.82, 2.24) is 14.9 Å². The molecule has 1 saturated heterocycles. The molecule has 0 saturated carbocycles. The predicted molar refractivity (Wildman–Crippen MR) is 121 cm³/mol. The average molecular weight is 510 g/mol. The summed E-state index contributed by atoms with van der Waals surface area (Å²) in [5.41, 5.74) is 2.51. The molecule has 0 radical (unpaired) electrons. The van der Waals surface area contributed by atoms with Gasteiger partial charge < -0.3 is 15.4 Å². The third-order valence-electron chi connectivity index (χ3n) is 4.43. The fraction of sp³-hybridized carbons (Fsp3) is 0.611. The van der Waals surface area contributed by atoms with Gasteiger partial charge >= 0.3 is 0 Å². The number of rotatable bonds is 7. The fourth-order valence-electron chi connectivity index (χ4n) is 2.82. The first-order valence-corrected chi connectivity index (χ1v) is 10.6. The summed E-state index contributed by atoms with van der Waals surface area (Å²) in [5.74, 6) is 0.980. The molecule has 1 aromatic carbocycles. The predicted octanol–water partition coefficient (Wildman–Crippen LogP) is 1.54. The Kier molecular flexibility index (Phi) is 10.6. The van der Waals surface area contributed by atoms with Crippen molar-refractivity contribution >= 4 is 40.0 Å². The molecule has 2 N–H and O–H groups in total. The van der Waals surface area contributed by atoms with Gasteiger partial charge in [-0.05, 0) is 18.4 Å². The number of hydrogen-bond donors (Lipinski definition) is 2. The Morgan fingerprint density at radius 2 is 2.00 bits per heavy atom. The minimum Gasteiger partial charge on any atom is -0.379 e. The van der Waals surface area contributed by atoms with Crippen LogP contribution < -0.4 is 10.6 Å². The minimum atomic E-state index is -3.26. The molecule has 27 heavy (non-hydrogen) atoms. The molecule has 1 fully saturated rings. The first-order valence-electron chi connectivity index (χ1n) is 8.99. The average Bonchev–Trinajstić information content (AvgIpc) is 2.65. The summed E-state index contributed by atoms with van der Waals surface area (Å²) < 4.78 is 31.3. The van der Waals surface area contributed by atoms with Gasteiger partial charge in [-0.25, -0.2) is 8.42 Å². The monoisotopic (exact) mass is 510 g/mol. The van der Waals surface area contributed by atoms with E-state index in [0.29, 0.717) is 44.7 Å². The van der Waals surface area contributed by atoms with Gasteiger partial charge in [0.05, 0.1) is 19.0 Å². The smallest absolute Gasteiger partial charge is 0.215 e. The fourth-order valence-corrected chi connectivity index (χ4v) is 4.14. The summed E-state index contributed by atoms with van der Waals surface area (Å²) in [5, 5.41) is 6.35. The zero-order chi connectivity index (χ0) is 19.0. The second-order valence-electron chi connectivity index (χ2n) is 6.52. The van der Waals surface area contributed by atoms with Crippen LogP contribution in [-0.4, -0.2) is 70.9 Å². The summed E-state index contributed by atoms with van der Waals surface area (Å²) in [6, 6.07) is 8.44. The van der Waals surface area contributed by atoms with Crippen molar-refractivity contribution in [3.8, 4) is 0 Å². The second kappa shape index (κ2) is 11.8. The molecular weight excluding hydrogens is 479 g/mol. The van der Waals surface area contributed by atoms with Crippen LogP contribution in [0.4, 0.5) is 0 Å². The summed E-state index contributed by atoms with van der Waals surface area (Å²) in [6.45, 7) is 7.07. The van der Waals surface area contributed by atoms with Crippen molar-refractivity contribution in [3.05, 3.63) is 35.4 Å². The van der Waals surface area contributed by atoms with Gasteiger partial charge in [0, 0.05) is 33.2 Å². The van der Waals surface area contributed by atoms with Crippen LogP contribution in [0, 0.1) is 6.92 Å². The summed E-state index contributed by atoms with van der Waals surface area (Å²) in [6.07, 6.45) is 0. The largest absolute Gasteiger partial charge is 0.379 e. The van der Waals surface area contributed by atoms with Crippen molar-refractivity contribution in [2.75, 3.05) is 52.2 Å². The van der Waals surface area contributed by atoms with Gasteiger partial charge in [0.2, 0.25) is 10.0 Å². The number of aliphatic imine (C=N–C) groups is 1. The molecule has 1 aromatic rings. The highest BCUT2D eigenvalue weighted by atomic mass is 127. The first kappa shape index (κ1) is 24.1. The first-order chi connectivity index (χ1) is 12.4. The topological polar surface area (TPSA) is 83.0 Å². The van der Waals surface area contributed by atoms with E-state index >= 15 is 0 Å². The van der Waals surface area contributed by atoms with E-state index in [1.807, 2.05) is 0 Å². The van der Waals surface area contributed by atoms with E-state index in [1.54, 1.807) is 7.05 Å². The van der Waals surface area contributed by atoms with E-state index in [4.69, 9.17) is 4.74 Å². The molecule has 0 amide bonds. The molecule has 1 unspecified atom stereocenters. The number of guanidine groups is 1. The summed E-state index contributed by atoms with van der Waals surface area (Å²) >= 11 is 0. The standard InChI is InChI=1S/C18H30N4O3S.HI/c1-15-5-4-6-17(13-15)16(2)14-21-18(19-3)20-7-12-26(23,24)22-8-10-25-11-9-22;/h4-6,13,16H,7-12,14H2,1-3H3,(H2,19,20,21);1H. The quantitative estimate of drug-likeness (QED) is 0.331. The van der Waals surface area contributed by atoms with E-state index < -0.39 is 10.0 Å². The van der Waals surface area contributed by atoms with Crippen LogP contribution in [0.3, 0.4) is 0 Å². The molecule has 154 valence electrons.